The second kappa shape index (κ2) is 7.37. The highest BCUT2D eigenvalue weighted by molar-refractivity contribution is 7.87. The molecule has 0 bridgehead atoms. The molecule has 2 N–H and O–H groups in total. The van der Waals surface area contributed by atoms with Crippen molar-refractivity contribution >= 4 is 16.2 Å². The zero-order valence-corrected chi connectivity index (χ0v) is 12.4. The van der Waals surface area contributed by atoms with E-state index in [1.807, 2.05) is 13.0 Å². The molecule has 7 heteroatoms. The van der Waals surface area contributed by atoms with E-state index in [1.54, 1.807) is 24.3 Å². The molecule has 0 amide bonds. The van der Waals surface area contributed by atoms with Crippen LogP contribution in [0.25, 0.3) is 0 Å². The Morgan fingerprint density at radius 1 is 1.35 bits per heavy atom. The first-order valence-electron chi connectivity index (χ1n) is 6.37. The standard InChI is InChI=1S/C13H20N2O4S/c1-3-9-15(2)20(18,19)14-12(13(16)17)10-11-7-5-4-6-8-11/h4-8,12,14H,3,9-10H2,1-2H3,(H,16,17)/t12-/m0/s1. The molecule has 0 saturated heterocycles. The van der Waals surface area contributed by atoms with Gasteiger partial charge in [-0.3, -0.25) is 4.79 Å². The molecule has 0 aromatic heterocycles. The van der Waals surface area contributed by atoms with Crippen LogP contribution in [0.4, 0.5) is 0 Å². The maximum absolute atomic E-state index is 12.0. The smallest absolute Gasteiger partial charge is 0.322 e. The van der Waals surface area contributed by atoms with Crippen molar-refractivity contribution in [3.05, 3.63) is 35.9 Å². The van der Waals surface area contributed by atoms with Crippen LogP contribution in [0.1, 0.15) is 18.9 Å². The summed E-state index contributed by atoms with van der Waals surface area (Å²) < 4.78 is 27.3. The molecule has 112 valence electrons. The topological polar surface area (TPSA) is 86.7 Å². The molecule has 6 nitrogen and oxygen atoms in total. The van der Waals surface area contributed by atoms with Gasteiger partial charge < -0.3 is 5.11 Å². The van der Waals surface area contributed by atoms with Crippen molar-refractivity contribution in [2.24, 2.45) is 0 Å². The van der Waals surface area contributed by atoms with Crippen LogP contribution in [0, 0.1) is 0 Å². The zero-order valence-electron chi connectivity index (χ0n) is 11.6. The first kappa shape index (κ1) is 16.6. The highest BCUT2D eigenvalue weighted by Crippen LogP contribution is 2.06. The number of aliphatic carboxylic acids is 1. The first-order valence-corrected chi connectivity index (χ1v) is 7.81. The van der Waals surface area contributed by atoms with Crippen LogP contribution < -0.4 is 4.72 Å². The van der Waals surface area contributed by atoms with E-state index in [0.29, 0.717) is 13.0 Å². The summed E-state index contributed by atoms with van der Waals surface area (Å²) in [6, 6.07) is 7.73. The van der Waals surface area contributed by atoms with E-state index < -0.39 is 22.2 Å². The van der Waals surface area contributed by atoms with Gasteiger partial charge in [-0.2, -0.15) is 17.4 Å². The van der Waals surface area contributed by atoms with Crippen LogP contribution >= 0.6 is 0 Å². The number of carbonyl (C=O) groups is 1. The van der Waals surface area contributed by atoms with Crippen molar-refractivity contribution in [1.82, 2.24) is 9.03 Å². The highest BCUT2D eigenvalue weighted by atomic mass is 32.2. The Bertz CT molecular complexity index is 531. The van der Waals surface area contributed by atoms with E-state index in [9.17, 15) is 13.2 Å². The third-order valence-electron chi connectivity index (χ3n) is 2.82. The number of hydrogen-bond acceptors (Lipinski definition) is 3. The van der Waals surface area contributed by atoms with Gasteiger partial charge in [0.2, 0.25) is 0 Å². The fourth-order valence-corrected chi connectivity index (χ4v) is 2.88. The molecule has 1 atom stereocenters. The number of rotatable bonds is 8. The lowest BCUT2D eigenvalue weighted by Gasteiger charge is -2.20. The second-order valence-corrected chi connectivity index (χ2v) is 6.33. The predicted octanol–water partition coefficient (Wildman–Crippen LogP) is 0.858. The summed E-state index contributed by atoms with van der Waals surface area (Å²) in [4.78, 5) is 11.2. The molecule has 0 fully saturated rings. The summed E-state index contributed by atoms with van der Waals surface area (Å²) >= 11 is 0. The molecular formula is C13H20N2O4S. The van der Waals surface area contributed by atoms with Crippen molar-refractivity contribution in [3.63, 3.8) is 0 Å². The van der Waals surface area contributed by atoms with Gasteiger partial charge in [-0.05, 0) is 18.4 Å². The molecule has 0 aliphatic rings. The molecule has 0 unspecified atom stereocenters. The van der Waals surface area contributed by atoms with E-state index in [4.69, 9.17) is 5.11 Å². The molecule has 0 saturated carbocycles. The van der Waals surface area contributed by atoms with Gasteiger partial charge in [0.25, 0.3) is 10.2 Å². The second-order valence-electron chi connectivity index (χ2n) is 4.52. The molecule has 1 aromatic carbocycles. The lowest BCUT2D eigenvalue weighted by atomic mass is 10.1. The first-order chi connectivity index (χ1) is 9.36. The molecule has 1 aromatic rings. The van der Waals surface area contributed by atoms with E-state index in [-0.39, 0.29) is 6.42 Å². The molecule has 0 aliphatic carbocycles. The van der Waals surface area contributed by atoms with Crippen molar-refractivity contribution < 1.29 is 18.3 Å². The average molecular weight is 300 g/mol. The van der Waals surface area contributed by atoms with E-state index in [1.165, 1.54) is 7.05 Å². The minimum atomic E-state index is -3.78. The summed E-state index contributed by atoms with van der Waals surface area (Å²) in [7, 11) is -2.36. The van der Waals surface area contributed by atoms with Crippen LogP contribution in [0.2, 0.25) is 0 Å². The third-order valence-corrected chi connectivity index (χ3v) is 4.41. The molecule has 0 spiro atoms. The lowest BCUT2D eigenvalue weighted by Crippen LogP contribution is -2.48. The normalized spacial score (nSPS) is 13.3. The largest absolute Gasteiger partial charge is 0.480 e. The molecule has 0 aliphatic heterocycles. The van der Waals surface area contributed by atoms with Crippen molar-refractivity contribution in [1.29, 1.82) is 0 Å². The van der Waals surface area contributed by atoms with Gasteiger partial charge in [0.05, 0.1) is 0 Å². The van der Waals surface area contributed by atoms with Crippen LogP contribution in [-0.4, -0.2) is 43.4 Å². The Morgan fingerprint density at radius 3 is 2.45 bits per heavy atom. The number of nitrogens with zero attached hydrogens (tertiary/aromatic N) is 1. The van der Waals surface area contributed by atoms with E-state index in [2.05, 4.69) is 4.72 Å². The highest BCUT2D eigenvalue weighted by Gasteiger charge is 2.26. The van der Waals surface area contributed by atoms with Gasteiger partial charge in [0, 0.05) is 13.6 Å². The molecule has 20 heavy (non-hydrogen) atoms. The summed E-state index contributed by atoms with van der Waals surface area (Å²) in [6.45, 7) is 2.19. The summed E-state index contributed by atoms with van der Waals surface area (Å²) in [5, 5.41) is 9.16. The van der Waals surface area contributed by atoms with Crippen LogP contribution in [-0.2, 0) is 21.4 Å². The van der Waals surface area contributed by atoms with Gasteiger partial charge in [0.1, 0.15) is 6.04 Å². The molecular weight excluding hydrogens is 280 g/mol. The fraction of sp³-hybridized carbons (Fsp3) is 0.462. The monoisotopic (exact) mass is 300 g/mol. The third kappa shape index (κ3) is 4.92. The Balaban J connectivity index is 2.80. The minimum absolute atomic E-state index is 0.107. The summed E-state index contributed by atoms with van der Waals surface area (Å²) in [5.74, 6) is -1.19. The predicted molar refractivity (Wildman–Crippen MR) is 76.5 cm³/mol. The Labute approximate surface area is 119 Å². The van der Waals surface area contributed by atoms with E-state index in [0.717, 1.165) is 9.87 Å². The Hall–Kier alpha value is -1.44. The van der Waals surface area contributed by atoms with Crippen molar-refractivity contribution in [2.75, 3.05) is 13.6 Å². The number of carboxylic acid groups (broad SMARTS) is 1. The van der Waals surface area contributed by atoms with Gasteiger partial charge in [-0.25, -0.2) is 0 Å². The SMILES string of the molecule is CCCN(C)S(=O)(=O)N[C@@H](Cc1ccccc1)C(=O)O. The summed E-state index contributed by atoms with van der Waals surface area (Å²) in [5.41, 5.74) is 0.765. The van der Waals surface area contributed by atoms with Crippen LogP contribution in [0.3, 0.4) is 0 Å². The maximum Gasteiger partial charge on any atom is 0.322 e. The summed E-state index contributed by atoms with van der Waals surface area (Å²) in [6.07, 6.45) is 0.767. The number of nitrogens with one attached hydrogen (secondary N) is 1. The number of carboxylic acids is 1. The molecule has 0 radical (unpaired) electrons. The Kier molecular flexibility index (Phi) is 6.12. The van der Waals surface area contributed by atoms with Gasteiger partial charge in [0.15, 0.2) is 0 Å². The number of benzene rings is 1. The van der Waals surface area contributed by atoms with Gasteiger partial charge in [-0.15, -0.1) is 0 Å². The lowest BCUT2D eigenvalue weighted by molar-refractivity contribution is -0.138. The maximum atomic E-state index is 12.0. The van der Waals surface area contributed by atoms with Crippen LogP contribution in [0.5, 0.6) is 0 Å². The quantitative estimate of drug-likeness (QED) is 0.745. The van der Waals surface area contributed by atoms with Crippen molar-refractivity contribution in [3.8, 4) is 0 Å². The average Bonchev–Trinajstić information content (AvgIpc) is 2.39. The van der Waals surface area contributed by atoms with Gasteiger partial charge >= 0.3 is 5.97 Å². The molecule has 0 heterocycles. The van der Waals surface area contributed by atoms with Crippen LogP contribution in [0.15, 0.2) is 30.3 Å². The van der Waals surface area contributed by atoms with Gasteiger partial charge in [-0.1, -0.05) is 37.3 Å². The number of hydrogen-bond donors (Lipinski definition) is 2. The van der Waals surface area contributed by atoms with E-state index >= 15 is 0 Å². The van der Waals surface area contributed by atoms with Crippen molar-refractivity contribution in [2.45, 2.75) is 25.8 Å². The minimum Gasteiger partial charge on any atom is -0.480 e. The fourth-order valence-electron chi connectivity index (χ4n) is 1.73. The zero-order chi connectivity index (χ0) is 15.2. The Morgan fingerprint density at radius 2 is 1.95 bits per heavy atom. The molecule has 1 rings (SSSR count).